The molecule has 96 valence electrons. The summed E-state index contributed by atoms with van der Waals surface area (Å²) in [4.78, 5) is 11.5. The van der Waals surface area contributed by atoms with Gasteiger partial charge in [-0.05, 0) is 28.5 Å². The highest BCUT2D eigenvalue weighted by Crippen LogP contribution is 2.39. The van der Waals surface area contributed by atoms with Crippen molar-refractivity contribution in [2.45, 2.75) is 31.6 Å². The van der Waals surface area contributed by atoms with Gasteiger partial charge in [0.15, 0.2) is 0 Å². The average molecular weight is 250 g/mol. The fourth-order valence-corrected chi connectivity index (χ4v) is 2.97. The van der Waals surface area contributed by atoms with Gasteiger partial charge in [-0.3, -0.25) is 4.79 Å². The van der Waals surface area contributed by atoms with Crippen LogP contribution in [0.1, 0.15) is 31.7 Å². The first-order valence-electron chi connectivity index (χ1n) is 6.85. The third-order valence-electron chi connectivity index (χ3n) is 4.23. The van der Waals surface area contributed by atoms with Crippen molar-refractivity contribution in [1.82, 2.24) is 0 Å². The molecule has 2 aromatic rings. The zero-order chi connectivity index (χ0) is 13.3. The first-order valence-corrected chi connectivity index (χ1v) is 6.85. The van der Waals surface area contributed by atoms with Gasteiger partial charge in [-0.25, -0.2) is 0 Å². The molecule has 0 heterocycles. The van der Waals surface area contributed by atoms with E-state index < -0.39 is 0 Å². The minimum atomic E-state index is 0.0479. The Labute approximate surface area is 114 Å². The fraction of sp³-hybridized carbons (Fsp3) is 0.278. The second-order valence-electron chi connectivity index (χ2n) is 5.72. The number of benzene rings is 2. The molecule has 0 N–H and O–H groups in total. The Morgan fingerprint density at radius 2 is 1.53 bits per heavy atom. The summed E-state index contributed by atoms with van der Waals surface area (Å²) < 4.78 is 0. The Hall–Kier alpha value is -1.89. The molecule has 0 amide bonds. The Morgan fingerprint density at radius 1 is 0.895 bits per heavy atom. The van der Waals surface area contributed by atoms with Crippen molar-refractivity contribution < 1.29 is 4.79 Å². The van der Waals surface area contributed by atoms with E-state index in [-0.39, 0.29) is 5.41 Å². The predicted octanol–water partition coefficient (Wildman–Crippen LogP) is 4.36. The summed E-state index contributed by atoms with van der Waals surface area (Å²) in [5.74, 6) is 0.398. The standard InChI is InChI=1S/C18H18O/c1-18(12-11-17(19)13-18)16-9-7-15(8-10-16)14-5-3-2-4-6-14/h2-10H,11-13H2,1H3. The van der Waals surface area contributed by atoms with Gasteiger partial charge in [0.2, 0.25) is 0 Å². The second-order valence-corrected chi connectivity index (χ2v) is 5.72. The number of Topliss-reactive ketones (excluding diaryl/α,β-unsaturated/α-hetero) is 1. The summed E-state index contributed by atoms with van der Waals surface area (Å²) in [5, 5.41) is 0. The van der Waals surface area contributed by atoms with Gasteiger partial charge in [0.1, 0.15) is 5.78 Å². The number of carbonyl (C=O) groups excluding carboxylic acids is 1. The van der Waals surface area contributed by atoms with E-state index in [4.69, 9.17) is 0 Å². The minimum Gasteiger partial charge on any atom is -0.300 e. The molecule has 1 unspecified atom stereocenters. The maximum atomic E-state index is 11.5. The van der Waals surface area contributed by atoms with Crippen molar-refractivity contribution in [1.29, 1.82) is 0 Å². The lowest BCUT2D eigenvalue weighted by Crippen LogP contribution is -2.17. The van der Waals surface area contributed by atoms with E-state index in [9.17, 15) is 4.79 Å². The highest BCUT2D eigenvalue weighted by molar-refractivity contribution is 5.82. The lowest BCUT2D eigenvalue weighted by Gasteiger charge is -2.23. The molecule has 1 atom stereocenters. The van der Waals surface area contributed by atoms with Gasteiger partial charge in [0, 0.05) is 12.8 Å². The monoisotopic (exact) mass is 250 g/mol. The van der Waals surface area contributed by atoms with Crippen LogP contribution >= 0.6 is 0 Å². The van der Waals surface area contributed by atoms with Crippen LogP contribution in [0.15, 0.2) is 54.6 Å². The van der Waals surface area contributed by atoms with Crippen molar-refractivity contribution >= 4 is 5.78 Å². The third kappa shape index (κ3) is 2.33. The number of ketones is 1. The maximum Gasteiger partial charge on any atom is 0.133 e. The zero-order valence-corrected chi connectivity index (χ0v) is 11.2. The van der Waals surface area contributed by atoms with E-state index >= 15 is 0 Å². The first-order chi connectivity index (χ1) is 9.17. The fourth-order valence-electron chi connectivity index (χ4n) is 2.97. The second kappa shape index (κ2) is 4.65. The Bertz CT molecular complexity index is 583. The van der Waals surface area contributed by atoms with Gasteiger partial charge in [-0.15, -0.1) is 0 Å². The molecule has 0 aliphatic heterocycles. The first kappa shape index (κ1) is 12.2. The molecule has 0 bridgehead atoms. The Kier molecular flexibility index (Phi) is 2.98. The largest absolute Gasteiger partial charge is 0.300 e. The van der Waals surface area contributed by atoms with Crippen molar-refractivity contribution in [2.24, 2.45) is 0 Å². The average Bonchev–Trinajstić information content (AvgIpc) is 2.81. The van der Waals surface area contributed by atoms with Gasteiger partial charge in [0.25, 0.3) is 0 Å². The molecule has 19 heavy (non-hydrogen) atoms. The molecule has 1 aliphatic rings. The van der Waals surface area contributed by atoms with Crippen LogP contribution in [0.4, 0.5) is 0 Å². The van der Waals surface area contributed by atoms with Crippen LogP contribution in [-0.2, 0) is 10.2 Å². The maximum absolute atomic E-state index is 11.5. The van der Waals surface area contributed by atoms with E-state index in [0.717, 1.165) is 12.8 Å². The summed E-state index contributed by atoms with van der Waals surface area (Å²) >= 11 is 0. The van der Waals surface area contributed by atoms with Gasteiger partial charge < -0.3 is 0 Å². The molecular weight excluding hydrogens is 232 g/mol. The SMILES string of the molecule is CC1(c2ccc(-c3ccccc3)cc2)CCC(=O)C1. The van der Waals surface area contributed by atoms with Crippen LogP contribution in [0, 0.1) is 0 Å². The molecule has 1 aliphatic carbocycles. The Balaban J connectivity index is 1.89. The molecule has 1 nitrogen and oxygen atoms in total. The van der Waals surface area contributed by atoms with E-state index in [2.05, 4.69) is 55.5 Å². The highest BCUT2D eigenvalue weighted by Gasteiger charge is 2.35. The van der Waals surface area contributed by atoms with E-state index in [1.54, 1.807) is 0 Å². The van der Waals surface area contributed by atoms with Crippen LogP contribution in [0.5, 0.6) is 0 Å². The van der Waals surface area contributed by atoms with Crippen LogP contribution in [-0.4, -0.2) is 5.78 Å². The molecule has 0 aromatic heterocycles. The van der Waals surface area contributed by atoms with Crippen molar-refractivity contribution in [3.05, 3.63) is 60.2 Å². The van der Waals surface area contributed by atoms with Gasteiger partial charge in [-0.1, -0.05) is 61.5 Å². The van der Waals surface area contributed by atoms with E-state index in [1.165, 1.54) is 16.7 Å². The number of hydrogen-bond donors (Lipinski definition) is 0. The molecule has 1 heteroatoms. The van der Waals surface area contributed by atoms with Crippen molar-refractivity contribution in [3.63, 3.8) is 0 Å². The molecule has 1 saturated carbocycles. The molecular formula is C18H18O. The number of rotatable bonds is 2. The quantitative estimate of drug-likeness (QED) is 0.773. The van der Waals surface area contributed by atoms with Crippen molar-refractivity contribution in [3.8, 4) is 11.1 Å². The predicted molar refractivity (Wildman–Crippen MR) is 78.1 cm³/mol. The van der Waals surface area contributed by atoms with E-state index in [1.807, 2.05) is 6.07 Å². The summed E-state index contributed by atoms with van der Waals surface area (Å²) in [7, 11) is 0. The number of carbonyl (C=O) groups is 1. The lowest BCUT2D eigenvalue weighted by atomic mass is 9.80. The lowest BCUT2D eigenvalue weighted by molar-refractivity contribution is -0.117. The molecule has 3 rings (SSSR count). The van der Waals surface area contributed by atoms with Gasteiger partial charge >= 0.3 is 0 Å². The molecule has 0 saturated heterocycles. The van der Waals surface area contributed by atoms with Crippen LogP contribution in [0.3, 0.4) is 0 Å². The summed E-state index contributed by atoms with van der Waals surface area (Å²) in [6.07, 6.45) is 2.41. The Morgan fingerprint density at radius 3 is 2.11 bits per heavy atom. The summed E-state index contributed by atoms with van der Waals surface area (Å²) in [6, 6.07) is 19.1. The smallest absolute Gasteiger partial charge is 0.133 e. The van der Waals surface area contributed by atoms with Crippen LogP contribution in [0.25, 0.3) is 11.1 Å². The zero-order valence-electron chi connectivity index (χ0n) is 11.2. The van der Waals surface area contributed by atoms with E-state index in [0.29, 0.717) is 12.2 Å². The normalized spacial score (nSPS) is 22.7. The molecule has 0 radical (unpaired) electrons. The minimum absolute atomic E-state index is 0.0479. The summed E-state index contributed by atoms with van der Waals surface area (Å²) in [6.45, 7) is 2.20. The topological polar surface area (TPSA) is 17.1 Å². The molecule has 1 fully saturated rings. The molecule has 0 spiro atoms. The van der Waals surface area contributed by atoms with Gasteiger partial charge in [0.05, 0.1) is 0 Å². The van der Waals surface area contributed by atoms with Crippen LogP contribution < -0.4 is 0 Å². The highest BCUT2D eigenvalue weighted by atomic mass is 16.1. The van der Waals surface area contributed by atoms with Crippen molar-refractivity contribution in [2.75, 3.05) is 0 Å². The number of hydrogen-bond acceptors (Lipinski definition) is 1. The molecule has 2 aromatic carbocycles. The summed E-state index contributed by atoms with van der Waals surface area (Å²) in [5.41, 5.74) is 3.81. The third-order valence-corrected chi connectivity index (χ3v) is 4.23. The van der Waals surface area contributed by atoms with Gasteiger partial charge in [-0.2, -0.15) is 0 Å². The van der Waals surface area contributed by atoms with Crippen LogP contribution in [0.2, 0.25) is 0 Å².